The van der Waals surface area contributed by atoms with Gasteiger partial charge in [-0.2, -0.15) is 0 Å². The Morgan fingerprint density at radius 2 is 1.94 bits per heavy atom. The number of hydrogen-bond acceptors (Lipinski definition) is 6. The standard InChI is InChI=1S/C24H28N2O5/c1-3-30-23(28)19-14(2)25-18-13-31-24(29)21(18)20(19)16-11-7-8-12-17(16)26-22(27)15-9-5-4-6-10-15/h7-8,11-12,15,20,25H,3-6,9-10,13H2,1-2H3,(H,26,27). The third kappa shape index (κ3) is 4.09. The summed E-state index contributed by atoms with van der Waals surface area (Å²) in [5.41, 5.74) is 3.31. The number of carbonyl (C=O) groups is 3. The Labute approximate surface area is 181 Å². The minimum Gasteiger partial charge on any atom is -0.463 e. The predicted octanol–water partition coefficient (Wildman–Crippen LogP) is 3.54. The second kappa shape index (κ2) is 8.96. The van der Waals surface area contributed by atoms with Gasteiger partial charge in [-0.1, -0.05) is 37.5 Å². The van der Waals surface area contributed by atoms with Crippen molar-refractivity contribution in [3.63, 3.8) is 0 Å². The molecule has 3 aliphatic rings. The summed E-state index contributed by atoms with van der Waals surface area (Å²) >= 11 is 0. The first kappa shape index (κ1) is 21.2. The quantitative estimate of drug-likeness (QED) is 0.703. The van der Waals surface area contributed by atoms with E-state index in [1.54, 1.807) is 13.8 Å². The van der Waals surface area contributed by atoms with E-state index in [2.05, 4.69) is 10.6 Å². The molecule has 0 saturated heterocycles. The van der Waals surface area contributed by atoms with E-state index in [0.29, 0.717) is 33.8 Å². The summed E-state index contributed by atoms with van der Waals surface area (Å²) < 4.78 is 10.6. The number of carbonyl (C=O) groups excluding carboxylic acids is 3. The fourth-order valence-corrected chi connectivity index (χ4v) is 4.72. The van der Waals surface area contributed by atoms with Gasteiger partial charge in [-0.25, -0.2) is 9.59 Å². The van der Waals surface area contributed by atoms with Crippen molar-refractivity contribution >= 4 is 23.5 Å². The highest BCUT2D eigenvalue weighted by Crippen LogP contribution is 2.44. The van der Waals surface area contributed by atoms with Crippen LogP contribution >= 0.6 is 0 Å². The molecule has 164 valence electrons. The van der Waals surface area contributed by atoms with Crippen LogP contribution in [0.2, 0.25) is 0 Å². The smallest absolute Gasteiger partial charge is 0.337 e. The zero-order chi connectivity index (χ0) is 22.0. The van der Waals surface area contributed by atoms with Crippen molar-refractivity contribution in [2.75, 3.05) is 18.5 Å². The molecule has 0 spiro atoms. The van der Waals surface area contributed by atoms with Crippen molar-refractivity contribution in [2.45, 2.75) is 51.9 Å². The Kier molecular flexibility index (Phi) is 6.11. The molecule has 1 aliphatic carbocycles. The summed E-state index contributed by atoms with van der Waals surface area (Å²) in [6.45, 7) is 3.88. The first-order valence-electron chi connectivity index (χ1n) is 11.0. The molecule has 0 bridgehead atoms. The second-order valence-electron chi connectivity index (χ2n) is 8.20. The first-order valence-corrected chi connectivity index (χ1v) is 11.0. The molecule has 0 aromatic heterocycles. The molecule has 7 nitrogen and oxygen atoms in total. The third-order valence-corrected chi connectivity index (χ3v) is 6.21. The highest BCUT2D eigenvalue weighted by molar-refractivity contribution is 6.02. The molecular weight excluding hydrogens is 396 g/mol. The molecule has 1 aromatic carbocycles. The second-order valence-corrected chi connectivity index (χ2v) is 8.20. The van der Waals surface area contributed by atoms with Crippen LogP contribution in [0.25, 0.3) is 0 Å². The maximum absolute atomic E-state index is 12.9. The van der Waals surface area contributed by atoms with Gasteiger partial charge in [-0.3, -0.25) is 4.79 Å². The highest BCUT2D eigenvalue weighted by atomic mass is 16.5. The molecule has 1 saturated carbocycles. The number of anilines is 1. The fraction of sp³-hybridized carbons (Fsp3) is 0.458. The summed E-state index contributed by atoms with van der Waals surface area (Å²) in [5, 5.41) is 6.20. The van der Waals surface area contributed by atoms with Crippen molar-refractivity contribution in [3.05, 3.63) is 52.4 Å². The monoisotopic (exact) mass is 424 g/mol. The van der Waals surface area contributed by atoms with Gasteiger partial charge in [0.25, 0.3) is 0 Å². The van der Waals surface area contributed by atoms with E-state index in [9.17, 15) is 14.4 Å². The van der Waals surface area contributed by atoms with Gasteiger partial charge in [-0.15, -0.1) is 0 Å². The van der Waals surface area contributed by atoms with Gasteiger partial charge in [0, 0.05) is 17.3 Å². The van der Waals surface area contributed by atoms with Gasteiger partial charge in [0.1, 0.15) is 6.61 Å². The zero-order valence-electron chi connectivity index (χ0n) is 18.0. The molecule has 1 atom stereocenters. The van der Waals surface area contributed by atoms with Crippen molar-refractivity contribution in [1.82, 2.24) is 5.32 Å². The average molecular weight is 424 g/mol. The minimum atomic E-state index is -0.673. The number of nitrogens with one attached hydrogen (secondary N) is 2. The molecular formula is C24H28N2O5. The van der Waals surface area contributed by atoms with Crippen molar-refractivity contribution < 1.29 is 23.9 Å². The van der Waals surface area contributed by atoms with E-state index in [0.717, 1.165) is 25.7 Å². The lowest BCUT2D eigenvalue weighted by Crippen LogP contribution is -2.31. The van der Waals surface area contributed by atoms with E-state index in [4.69, 9.17) is 9.47 Å². The van der Waals surface area contributed by atoms with Crippen LogP contribution in [-0.2, 0) is 23.9 Å². The molecule has 31 heavy (non-hydrogen) atoms. The summed E-state index contributed by atoms with van der Waals surface area (Å²) in [4.78, 5) is 38.5. The van der Waals surface area contributed by atoms with E-state index in [1.165, 1.54) is 6.42 Å². The third-order valence-electron chi connectivity index (χ3n) is 6.21. The summed E-state index contributed by atoms with van der Waals surface area (Å²) in [5.74, 6) is -1.65. The number of allylic oxidation sites excluding steroid dienone is 1. The Balaban J connectivity index is 1.74. The van der Waals surface area contributed by atoms with Crippen LogP contribution in [0.15, 0.2) is 46.8 Å². The van der Waals surface area contributed by atoms with E-state index in [1.807, 2.05) is 24.3 Å². The maximum Gasteiger partial charge on any atom is 0.337 e. The van der Waals surface area contributed by atoms with Crippen LogP contribution in [0.5, 0.6) is 0 Å². The number of para-hydroxylation sites is 1. The molecule has 4 rings (SSSR count). The summed E-state index contributed by atoms with van der Waals surface area (Å²) in [7, 11) is 0. The topological polar surface area (TPSA) is 93.7 Å². The van der Waals surface area contributed by atoms with Crippen LogP contribution in [0.1, 0.15) is 57.4 Å². The SMILES string of the molecule is CCOC(=O)C1=C(C)NC2=C(C(=O)OC2)C1c1ccccc1NC(=O)C1CCCCC1. The number of esters is 2. The average Bonchev–Trinajstić information content (AvgIpc) is 3.14. The normalized spacial score (nSPS) is 21.4. The number of dihydropyridines is 1. The van der Waals surface area contributed by atoms with E-state index < -0.39 is 17.9 Å². The molecule has 1 fully saturated rings. The van der Waals surface area contributed by atoms with Gasteiger partial charge in [0.05, 0.1) is 29.4 Å². The van der Waals surface area contributed by atoms with Gasteiger partial charge in [0.15, 0.2) is 0 Å². The van der Waals surface area contributed by atoms with Crippen LogP contribution in [0.4, 0.5) is 5.69 Å². The zero-order valence-corrected chi connectivity index (χ0v) is 18.0. The Hall–Kier alpha value is -3.09. The van der Waals surface area contributed by atoms with E-state index in [-0.39, 0.29) is 25.0 Å². The van der Waals surface area contributed by atoms with Gasteiger partial charge in [-0.05, 0) is 38.3 Å². The van der Waals surface area contributed by atoms with Crippen LogP contribution < -0.4 is 10.6 Å². The van der Waals surface area contributed by atoms with Gasteiger partial charge >= 0.3 is 11.9 Å². The molecule has 1 unspecified atom stereocenters. The van der Waals surface area contributed by atoms with Crippen LogP contribution in [0.3, 0.4) is 0 Å². The van der Waals surface area contributed by atoms with Crippen LogP contribution in [0, 0.1) is 5.92 Å². The number of ether oxygens (including phenoxy) is 2. The maximum atomic E-state index is 12.9. The Morgan fingerprint density at radius 1 is 1.19 bits per heavy atom. The Morgan fingerprint density at radius 3 is 2.68 bits per heavy atom. The van der Waals surface area contributed by atoms with Crippen molar-refractivity contribution in [1.29, 1.82) is 0 Å². The highest BCUT2D eigenvalue weighted by Gasteiger charge is 2.42. The fourth-order valence-electron chi connectivity index (χ4n) is 4.72. The largest absolute Gasteiger partial charge is 0.463 e. The lowest BCUT2D eigenvalue weighted by atomic mass is 9.80. The first-order chi connectivity index (χ1) is 15.0. The van der Waals surface area contributed by atoms with Crippen molar-refractivity contribution in [2.24, 2.45) is 5.92 Å². The number of cyclic esters (lactones) is 1. The van der Waals surface area contributed by atoms with Gasteiger partial charge < -0.3 is 20.1 Å². The summed E-state index contributed by atoms with van der Waals surface area (Å²) in [6.07, 6.45) is 5.06. The molecule has 2 heterocycles. The van der Waals surface area contributed by atoms with Crippen LogP contribution in [-0.4, -0.2) is 31.1 Å². The number of benzene rings is 1. The molecule has 1 aromatic rings. The lowest BCUT2D eigenvalue weighted by Gasteiger charge is -2.29. The molecule has 2 N–H and O–H groups in total. The van der Waals surface area contributed by atoms with E-state index >= 15 is 0 Å². The molecule has 1 amide bonds. The number of hydrogen-bond donors (Lipinski definition) is 2. The lowest BCUT2D eigenvalue weighted by molar-refractivity contribution is -0.138. The van der Waals surface area contributed by atoms with Crippen molar-refractivity contribution in [3.8, 4) is 0 Å². The van der Waals surface area contributed by atoms with Gasteiger partial charge in [0.2, 0.25) is 5.91 Å². The molecule has 2 aliphatic heterocycles. The molecule has 7 heteroatoms. The Bertz CT molecular complexity index is 972. The number of amides is 1. The molecule has 0 radical (unpaired) electrons. The number of rotatable bonds is 5. The summed E-state index contributed by atoms with van der Waals surface area (Å²) in [6, 6.07) is 7.34. The predicted molar refractivity (Wildman–Crippen MR) is 115 cm³/mol. The minimum absolute atomic E-state index is 0.0112.